The zero-order chi connectivity index (χ0) is 14.8. The average molecular weight is 280 g/mol. The van der Waals surface area contributed by atoms with Crippen molar-refractivity contribution in [3.8, 4) is 0 Å². The molecule has 0 radical (unpaired) electrons. The number of ether oxygens (including phenoxy) is 1. The summed E-state index contributed by atoms with van der Waals surface area (Å²) in [7, 11) is 0. The summed E-state index contributed by atoms with van der Waals surface area (Å²) in [4.78, 5) is 12.7. The molecule has 0 saturated carbocycles. The minimum atomic E-state index is -0.408. The first-order valence-corrected chi connectivity index (χ1v) is 7.43. The minimum absolute atomic E-state index is 0.149. The van der Waals surface area contributed by atoms with Crippen LogP contribution in [0.5, 0.6) is 0 Å². The topological polar surface area (TPSA) is 26.3 Å². The summed E-state index contributed by atoms with van der Waals surface area (Å²) in [5, 5.41) is 0. The van der Waals surface area contributed by atoms with Crippen LogP contribution in [0.3, 0.4) is 0 Å². The molecule has 0 spiro atoms. The van der Waals surface area contributed by atoms with Gasteiger partial charge in [-0.25, -0.2) is 0 Å². The molecule has 0 fully saturated rings. The van der Waals surface area contributed by atoms with Crippen molar-refractivity contribution in [2.75, 3.05) is 6.61 Å². The number of carbonyl (C=O) groups excluding carboxylic acids is 1. The Kier molecular flexibility index (Phi) is 3.89. The molecule has 0 saturated heterocycles. The number of aryl methyl sites for hydroxylation is 2. The normalized spacial score (nSPS) is 17.3. The maximum Gasteiger partial charge on any atom is 0.170 e. The van der Waals surface area contributed by atoms with Gasteiger partial charge in [-0.3, -0.25) is 4.79 Å². The van der Waals surface area contributed by atoms with Gasteiger partial charge >= 0.3 is 0 Å². The lowest BCUT2D eigenvalue weighted by atomic mass is 9.91. The summed E-state index contributed by atoms with van der Waals surface area (Å²) in [5.41, 5.74) is 5.74. The lowest BCUT2D eigenvalue weighted by Gasteiger charge is -2.25. The highest BCUT2D eigenvalue weighted by atomic mass is 16.5. The van der Waals surface area contributed by atoms with Gasteiger partial charge < -0.3 is 4.74 Å². The Morgan fingerprint density at radius 2 is 2.00 bits per heavy atom. The van der Waals surface area contributed by atoms with E-state index in [9.17, 15) is 4.79 Å². The molecular formula is C19H20O2. The molecule has 0 aliphatic carbocycles. The highest BCUT2D eigenvalue weighted by Gasteiger charge is 2.27. The molecule has 1 aliphatic rings. The Hall–Kier alpha value is -1.93. The van der Waals surface area contributed by atoms with Crippen LogP contribution in [0.15, 0.2) is 42.5 Å². The third-order valence-corrected chi connectivity index (χ3v) is 4.16. The van der Waals surface area contributed by atoms with Crippen LogP contribution < -0.4 is 0 Å². The van der Waals surface area contributed by atoms with Gasteiger partial charge in [0.05, 0.1) is 6.61 Å². The molecule has 1 heterocycles. The fourth-order valence-electron chi connectivity index (χ4n) is 2.93. The number of ketones is 1. The Balaban J connectivity index is 1.85. The number of fused-ring (bicyclic) bond motifs is 1. The van der Waals surface area contributed by atoms with Gasteiger partial charge in [0.25, 0.3) is 0 Å². The smallest absolute Gasteiger partial charge is 0.170 e. The number of hydrogen-bond donors (Lipinski definition) is 0. The van der Waals surface area contributed by atoms with E-state index in [2.05, 4.69) is 38.1 Å². The lowest BCUT2D eigenvalue weighted by molar-refractivity contribution is -0.131. The molecule has 0 N–H and O–H groups in total. The standard InChI is InChI=1S/C19H20O2/c1-13-7-8-14(2)16(11-13)12-18(20)19-17-6-4-3-5-15(17)9-10-21-19/h3-8,11,19H,9-10,12H2,1-2H3. The second-order valence-electron chi connectivity index (χ2n) is 5.77. The maximum absolute atomic E-state index is 12.7. The molecule has 0 bridgehead atoms. The molecule has 0 aromatic heterocycles. The molecule has 108 valence electrons. The predicted molar refractivity (Wildman–Crippen MR) is 83.5 cm³/mol. The van der Waals surface area contributed by atoms with E-state index in [-0.39, 0.29) is 5.78 Å². The van der Waals surface area contributed by atoms with Crippen LogP contribution in [0.1, 0.15) is 33.9 Å². The summed E-state index contributed by atoms with van der Waals surface area (Å²) >= 11 is 0. The van der Waals surface area contributed by atoms with E-state index >= 15 is 0 Å². The van der Waals surface area contributed by atoms with E-state index in [0.29, 0.717) is 13.0 Å². The van der Waals surface area contributed by atoms with Gasteiger partial charge in [-0.05, 0) is 42.5 Å². The van der Waals surface area contributed by atoms with Gasteiger partial charge in [0.15, 0.2) is 5.78 Å². The lowest BCUT2D eigenvalue weighted by Crippen LogP contribution is -2.24. The van der Waals surface area contributed by atoms with Crippen LogP contribution in [0.4, 0.5) is 0 Å². The minimum Gasteiger partial charge on any atom is -0.365 e. The van der Waals surface area contributed by atoms with E-state index in [1.165, 1.54) is 11.1 Å². The van der Waals surface area contributed by atoms with Crippen LogP contribution in [0, 0.1) is 13.8 Å². The zero-order valence-corrected chi connectivity index (χ0v) is 12.6. The molecule has 3 rings (SSSR count). The fourth-order valence-corrected chi connectivity index (χ4v) is 2.93. The van der Waals surface area contributed by atoms with E-state index < -0.39 is 6.10 Å². The Bertz CT molecular complexity index is 673. The van der Waals surface area contributed by atoms with Crippen LogP contribution in [-0.2, 0) is 22.4 Å². The number of hydrogen-bond acceptors (Lipinski definition) is 2. The molecule has 2 aromatic carbocycles. The first-order chi connectivity index (χ1) is 10.1. The van der Waals surface area contributed by atoms with Crippen molar-refractivity contribution in [2.45, 2.75) is 32.8 Å². The third-order valence-electron chi connectivity index (χ3n) is 4.16. The molecule has 21 heavy (non-hydrogen) atoms. The molecule has 1 aliphatic heterocycles. The van der Waals surface area contributed by atoms with Crippen molar-refractivity contribution in [3.63, 3.8) is 0 Å². The molecule has 1 unspecified atom stereocenters. The summed E-state index contributed by atoms with van der Waals surface area (Å²) in [6.45, 7) is 4.73. The van der Waals surface area contributed by atoms with Gasteiger partial charge in [-0.15, -0.1) is 0 Å². The monoisotopic (exact) mass is 280 g/mol. The first-order valence-electron chi connectivity index (χ1n) is 7.43. The van der Waals surface area contributed by atoms with Crippen LogP contribution >= 0.6 is 0 Å². The highest BCUT2D eigenvalue weighted by molar-refractivity contribution is 5.87. The number of benzene rings is 2. The molecule has 2 heteroatoms. The highest BCUT2D eigenvalue weighted by Crippen LogP contribution is 2.29. The molecule has 1 atom stereocenters. The fraction of sp³-hybridized carbons (Fsp3) is 0.316. The summed E-state index contributed by atoms with van der Waals surface area (Å²) < 4.78 is 5.76. The third kappa shape index (κ3) is 2.91. The first kappa shape index (κ1) is 14.0. The van der Waals surface area contributed by atoms with Crippen LogP contribution in [-0.4, -0.2) is 12.4 Å². The number of Topliss-reactive ketones (excluding diaryl/α,β-unsaturated/α-hetero) is 1. The summed E-state index contributed by atoms with van der Waals surface area (Å²) in [5.74, 6) is 0.149. The molecule has 2 nitrogen and oxygen atoms in total. The van der Waals surface area contributed by atoms with Crippen molar-refractivity contribution in [1.82, 2.24) is 0 Å². The SMILES string of the molecule is Cc1ccc(C)c(CC(=O)C2OCCc3ccccc32)c1. The van der Waals surface area contributed by atoms with Gasteiger partial charge in [-0.1, -0.05) is 48.0 Å². The van der Waals surface area contributed by atoms with E-state index in [0.717, 1.165) is 23.1 Å². The van der Waals surface area contributed by atoms with Crippen molar-refractivity contribution in [3.05, 3.63) is 70.3 Å². The Labute approximate surface area is 125 Å². The summed E-state index contributed by atoms with van der Waals surface area (Å²) in [6.07, 6.45) is 0.922. The second kappa shape index (κ2) is 5.82. The second-order valence-corrected chi connectivity index (χ2v) is 5.77. The van der Waals surface area contributed by atoms with Crippen molar-refractivity contribution >= 4 is 5.78 Å². The van der Waals surface area contributed by atoms with E-state index in [1.54, 1.807) is 0 Å². The van der Waals surface area contributed by atoms with Gasteiger partial charge in [0.1, 0.15) is 6.10 Å². The predicted octanol–water partition coefficient (Wildman–Crippen LogP) is 3.73. The largest absolute Gasteiger partial charge is 0.365 e. The molecule has 2 aromatic rings. The van der Waals surface area contributed by atoms with Gasteiger partial charge in [-0.2, -0.15) is 0 Å². The molecular weight excluding hydrogens is 260 g/mol. The van der Waals surface area contributed by atoms with Gasteiger partial charge in [0, 0.05) is 6.42 Å². The van der Waals surface area contributed by atoms with E-state index in [4.69, 9.17) is 4.74 Å². The zero-order valence-electron chi connectivity index (χ0n) is 12.6. The number of carbonyl (C=O) groups is 1. The Morgan fingerprint density at radius 1 is 1.19 bits per heavy atom. The maximum atomic E-state index is 12.7. The average Bonchev–Trinajstić information content (AvgIpc) is 2.50. The van der Waals surface area contributed by atoms with Crippen molar-refractivity contribution in [1.29, 1.82) is 0 Å². The van der Waals surface area contributed by atoms with Crippen LogP contribution in [0.2, 0.25) is 0 Å². The quantitative estimate of drug-likeness (QED) is 0.856. The van der Waals surface area contributed by atoms with Gasteiger partial charge in [0.2, 0.25) is 0 Å². The van der Waals surface area contributed by atoms with Crippen molar-refractivity contribution < 1.29 is 9.53 Å². The molecule has 0 amide bonds. The number of rotatable bonds is 3. The van der Waals surface area contributed by atoms with Crippen LogP contribution in [0.25, 0.3) is 0 Å². The van der Waals surface area contributed by atoms with E-state index in [1.807, 2.05) is 18.2 Å². The Morgan fingerprint density at radius 3 is 2.86 bits per heavy atom. The van der Waals surface area contributed by atoms with Crippen molar-refractivity contribution in [2.24, 2.45) is 0 Å². The summed E-state index contributed by atoms with van der Waals surface area (Å²) in [6, 6.07) is 14.4.